The molecule has 1 aromatic carbocycles. The average molecular weight is 239 g/mol. The van der Waals surface area contributed by atoms with Crippen molar-refractivity contribution in [3.63, 3.8) is 0 Å². The summed E-state index contributed by atoms with van der Waals surface area (Å²) in [5.41, 5.74) is 9.29. The number of aromatic nitrogens is 2. The first kappa shape index (κ1) is 11.7. The van der Waals surface area contributed by atoms with E-state index < -0.39 is 0 Å². The van der Waals surface area contributed by atoms with Crippen LogP contribution < -0.4 is 5.56 Å². The minimum Gasteiger partial charge on any atom is -0.313 e. The van der Waals surface area contributed by atoms with Crippen LogP contribution in [0, 0.1) is 11.8 Å². The third kappa shape index (κ3) is 2.67. The maximum atomic E-state index is 11.5. The van der Waals surface area contributed by atoms with E-state index in [1.165, 1.54) is 6.33 Å². The number of fused-ring (bicyclic) bond motifs is 1. The highest BCUT2D eigenvalue weighted by atomic mass is 16.1. The second-order valence-electron chi connectivity index (χ2n) is 3.47. The SMILES string of the molecule is [N-]=[N+]=NCCC#Cc1ccc2nc[nH]c(=O)c2c1. The highest BCUT2D eigenvalue weighted by molar-refractivity contribution is 5.78. The van der Waals surface area contributed by atoms with Crippen LogP contribution in [-0.4, -0.2) is 16.5 Å². The summed E-state index contributed by atoms with van der Waals surface area (Å²) in [5.74, 6) is 5.78. The van der Waals surface area contributed by atoms with Crippen molar-refractivity contribution in [2.24, 2.45) is 5.11 Å². The molecule has 0 aliphatic rings. The summed E-state index contributed by atoms with van der Waals surface area (Å²) < 4.78 is 0. The third-order valence-corrected chi connectivity index (χ3v) is 2.27. The summed E-state index contributed by atoms with van der Waals surface area (Å²) in [6.45, 7) is 0.346. The summed E-state index contributed by atoms with van der Waals surface area (Å²) >= 11 is 0. The van der Waals surface area contributed by atoms with Crippen molar-refractivity contribution >= 4 is 10.9 Å². The van der Waals surface area contributed by atoms with E-state index >= 15 is 0 Å². The quantitative estimate of drug-likeness (QED) is 0.285. The number of hydrogen-bond donors (Lipinski definition) is 1. The predicted octanol–water partition coefficient (Wildman–Crippen LogP) is 1.97. The van der Waals surface area contributed by atoms with Gasteiger partial charge < -0.3 is 4.98 Å². The van der Waals surface area contributed by atoms with E-state index in [4.69, 9.17) is 5.53 Å². The van der Waals surface area contributed by atoms with Gasteiger partial charge in [-0.05, 0) is 23.7 Å². The Morgan fingerprint density at radius 1 is 1.50 bits per heavy atom. The van der Waals surface area contributed by atoms with Crippen LogP contribution in [-0.2, 0) is 0 Å². The van der Waals surface area contributed by atoms with Crippen molar-refractivity contribution in [2.45, 2.75) is 6.42 Å². The summed E-state index contributed by atoms with van der Waals surface area (Å²) in [6, 6.07) is 5.25. The Bertz CT molecular complexity index is 731. The Hall–Kier alpha value is -2.77. The van der Waals surface area contributed by atoms with Crippen molar-refractivity contribution in [1.82, 2.24) is 9.97 Å². The molecule has 0 atom stereocenters. The van der Waals surface area contributed by atoms with Crippen molar-refractivity contribution < 1.29 is 0 Å². The molecule has 0 radical (unpaired) electrons. The Kier molecular flexibility index (Phi) is 3.59. The molecule has 88 valence electrons. The van der Waals surface area contributed by atoms with Gasteiger partial charge in [0.25, 0.3) is 5.56 Å². The van der Waals surface area contributed by atoms with Crippen LogP contribution in [0.3, 0.4) is 0 Å². The molecule has 0 spiro atoms. The number of H-pyrrole nitrogens is 1. The average Bonchev–Trinajstić information content (AvgIpc) is 2.39. The molecule has 18 heavy (non-hydrogen) atoms. The van der Waals surface area contributed by atoms with Crippen LogP contribution in [0.4, 0.5) is 0 Å². The topological polar surface area (TPSA) is 94.5 Å². The van der Waals surface area contributed by atoms with Gasteiger partial charge in [-0.2, -0.15) is 0 Å². The van der Waals surface area contributed by atoms with E-state index in [0.717, 1.165) is 5.56 Å². The smallest absolute Gasteiger partial charge is 0.258 e. The third-order valence-electron chi connectivity index (χ3n) is 2.27. The predicted molar refractivity (Wildman–Crippen MR) is 67.9 cm³/mol. The lowest BCUT2D eigenvalue weighted by molar-refractivity contribution is 1.01. The first-order valence-electron chi connectivity index (χ1n) is 5.28. The van der Waals surface area contributed by atoms with Crippen LogP contribution in [0.25, 0.3) is 21.3 Å². The molecule has 0 aliphatic carbocycles. The minimum absolute atomic E-state index is 0.183. The summed E-state index contributed by atoms with van der Waals surface area (Å²) in [4.78, 5) is 20.7. The number of benzene rings is 1. The van der Waals surface area contributed by atoms with Gasteiger partial charge in [-0.15, -0.1) is 0 Å². The Balaban J connectivity index is 2.27. The first-order valence-corrected chi connectivity index (χ1v) is 5.28. The molecule has 0 saturated carbocycles. The fourth-order valence-electron chi connectivity index (χ4n) is 1.46. The Morgan fingerprint density at radius 2 is 2.39 bits per heavy atom. The van der Waals surface area contributed by atoms with Gasteiger partial charge in [0.1, 0.15) is 0 Å². The molecular formula is C12H9N5O. The highest BCUT2D eigenvalue weighted by Crippen LogP contribution is 2.08. The zero-order chi connectivity index (χ0) is 12.8. The number of azide groups is 1. The van der Waals surface area contributed by atoms with E-state index in [1.807, 2.05) is 0 Å². The second-order valence-corrected chi connectivity index (χ2v) is 3.47. The van der Waals surface area contributed by atoms with Gasteiger partial charge in [0, 0.05) is 23.4 Å². The Morgan fingerprint density at radius 3 is 3.22 bits per heavy atom. The largest absolute Gasteiger partial charge is 0.313 e. The molecule has 2 rings (SSSR count). The normalized spacial score (nSPS) is 9.33. The van der Waals surface area contributed by atoms with Gasteiger partial charge in [-0.3, -0.25) is 4.79 Å². The molecule has 0 bridgehead atoms. The van der Waals surface area contributed by atoms with Gasteiger partial charge in [0.2, 0.25) is 0 Å². The zero-order valence-electron chi connectivity index (χ0n) is 9.42. The molecule has 1 aromatic heterocycles. The second kappa shape index (κ2) is 5.53. The van der Waals surface area contributed by atoms with Gasteiger partial charge in [-0.25, -0.2) is 4.98 Å². The molecule has 0 amide bonds. The maximum absolute atomic E-state index is 11.5. The maximum Gasteiger partial charge on any atom is 0.258 e. The number of hydrogen-bond acceptors (Lipinski definition) is 3. The lowest BCUT2D eigenvalue weighted by Gasteiger charge is -1.95. The van der Waals surface area contributed by atoms with E-state index in [2.05, 4.69) is 31.8 Å². The summed E-state index contributed by atoms with van der Waals surface area (Å²) in [5, 5.41) is 3.89. The number of rotatable bonds is 2. The molecule has 0 saturated heterocycles. The van der Waals surface area contributed by atoms with E-state index in [9.17, 15) is 4.79 Å². The van der Waals surface area contributed by atoms with E-state index in [-0.39, 0.29) is 5.56 Å². The number of nitrogens with one attached hydrogen (secondary N) is 1. The molecule has 2 aromatic rings. The molecule has 6 heteroatoms. The van der Waals surface area contributed by atoms with Crippen molar-refractivity contribution in [3.05, 3.63) is 50.9 Å². The minimum atomic E-state index is -0.183. The van der Waals surface area contributed by atoms with Crippen LogP contribution >= 0.6 is 0 Å². The molecule has 6 nitrogen and oxygen atoms in total. The van der Waals surface area contributed by atoms with Gasteiger partial charge in [0.15, 0.2) is 0 Å². The zero-order valence-corrected chi connectivity index (χ0v) is 9.42. The van der Waals surface area contributed by atoms with Crippen molar-refractivity contribution in [1.29, 1.82) is 0 Å². The monoisotopic (exact) mass is 239 g/mol. The molecule has 0 unspecified atom stereocenters. The van der Waals surface area contributed by atoms with E-state index in [0.29, 0.717) is 23.9 Å². The fraction of sp³-hybridized carbons (Fsp3) is 0.167. The standard InChI is InChI=1S/C12H9N5O/c13-17-16-6-2-1-3-9-4-5-11-10(7-9)12(18)15-8-14-11/h4-5,7-8H,2,6H2,(H,14,15,18). The molecule has 1 N–H and O–H groups in total. The summed E-state index contributed by atoms with van der Waals surface area (Å²) in [7, 11) is 0. The Labute approximate surface area is 102 Å². The molecule has 0 aliphatic heterocycles. The molecule has 1 heterocycles. The van der Waals surface area contributed by atoms with Crippen molar-refractivity contribution in [3.8, 4) is 11.8 Å². The van der Waals surface area contributed by atoms with Gasteiger partial charge in [-0.1, -0.05) is 17.0 Å². The first-order chi connectivity index (χ1) is 8.81. The molecule has 0 fully saturated rings. The fourth-order valence-corrected chi connectivity index (χ4v) is 1.46. The van der Waals surface area contributed by atoms with Gasteiger partial charge >= 0.3 is 0 Å². The summed E-state index contributed by atoms with van der Waals surface area (Å²) in [6.07, 6.45) is 1.86. The lowest BCUT2D eigenvalue weighted by Crippen LogP contribution is -2.06. The van der Waals surface area contributed by atoms with Crippen molar-refractivity contribution in [2.75, 3.05) is 6.54 Å². The number of aromatic amines is 1. The lowest BCUT2D eigenvalue weighted by atomic mass is 10.1. The van der Waals surface area contributed by atoms with E-state index in [1.54, 1.807) is 18.2 Å². The number of nitrogens with zero attached hydrogens (tertiary/aromatic N) is 4. The highest BCUT2D eigenvalue weighted by Gasteiger charge is 1.98. The van der Waals surface area contributed by atoms with Crippen LogP contribution in [0.15, 0.2) is 34.4 Å². The molecular weight excluding hydrogens is 230 g/mol. The van der Waals surface area contributed by atoms with Gasteiger partial charge in [0.05, 0.1) is 17.2 Å². The van der Waals surface area contributed by atoms with Crippen LogP contribution in [0.2, 0.25) is 0 Å². The van der Waals surface area contributed by atoms with Crippen LogP contribution in [0.5, 0.6) is 0 Å². The van der Waals surface area contributed by atoms with Crippen LogP contribution in [0.1, 0.15) is 12.0 Å².